The zero-order valence-corrected chi connectivity index (χ0v) is 18.2. The Labute approximate surface area is 176 Å². The first-order valence-electron chi connectivity index (χ1n) is 9.28. The molecule has 0 aliphatic carbocycles. The zero-order valence-electron chi connectivity index (χ0n) is 18.2. The summed E-state index contributed by atoms with van der Waals surface area (Å²) in [6.07, 6.45) is 0. The minimum Gasteiger partial charge on any atom is -0.493 e. The van der Waals surface area contributed by atoms with Crippen LogP contribution < -0.4 is 19.1 Å². The fourth-order valence-corrected chi connectivity index (χ4v) is 2.84. The lowest BCUT2D eigenvalue weighted by atomic mass is 10.1. The van der Waals surface area contributed by atoms with Gasteiger partial charge in [0.25, 0.3) is 5.91 Å². The van der Waals surface area contributed by atoms with Gasteiger partial charge in [-0.15, -0.1) is 0 Å². The van der Waals surface area contributed by atoms with Crippen LogP contribution >= 0.6 is 0 Å². The Kier molecular flexibility index (Phi) is 7.91. The SMILES string of the molecule is COc1ccc(C(=O)OCC(=O)N(C)Cc2ccc(N(C)C)cc2)c(OC)c1OC. The first-order chi connectivity index (χ1) is 14.3. The Balaban J connectivity index is 2.01. The van der Waals surface area contributed by atoms with Crippen LogP contribution in [0.5, 0.6) is 17.2 Å². The Morgan fingerprint density at radius 1 is 0.833 bits per heavy atom. The topological polar surface area (TPSA) is 77.5 Å². The number of nitrogens with zero attached hydrogens (tertiary/aromatic N) is 2. The lowest BCUT2D eigenvalue weighted by Gasteiger charge is -2.19. The number of hydrogen-bond acceptors (Lipinski definition) is 7. The average molecular weight is 416 g/mol. The van der Waals surface area contributed by atoms with Gasteiger partial charge in [-0.1, -0.05) is 12.1 Å². The summed E-state index contributed by atoms with van der Waals surface area (Å²) >= 11 is 0. The van der Waals surface area contributed by atoms with Crippen molar-refractivity contribution in [3.05, 3.63) is 47.5 Å². The molecule has 0 bridgehead atoms. The lowest BCUT2D eigenvalue weighted by Crippen LogP contribution is -2.30. The largest absolute Gasteiger partial charge is 0.493 e. The van der Waals surface area contributed by atoms with Gasteiger partial charge in [0.15, 0.2) is 18.1 Å². The van der Waals surface area contributed by atoms with Gasteiger partial charge >= 0.3 is 5.97 Å². The van der Waals surface area contributed by atoms with Crippen LogP contribution in [0.25, 0.3) is 0 Å². The van der Waals surface area contributed by atoms with E-state index in [-0.39, 0.29) is 29.6 Å². The molecule has 30 heavy (non-hydrogen) atoms. The molecule has 2 rings (SSSR count). The van der Waals surface area contributed by atoms with Gasteiger partial charge in [-0.05, 0) is 29.8 Å². The fraction of sp³-hybridized carbons (Fsp3) is 0.364. The maximum atomic E-state index is 12.5. The van der Waals surface area contributed by atoms with E-state index in [2.05, 4.69) is 0 Å². The Bertz CT molecular complexity index is 880. The highest BCUT2D eigenvalue weighted by Gasteiger charge is 2.23. The number of rotatable bonds is 9. The van der Waals surface area contributed by atoms with Gasteiger partial charge in [-0.25, -0.2) is 4.79 Å². The van der Waals surface area contributed by atoms with Crippen LogP contribution in [-0.4, -0.2) is 65.9 Å². The van der Waals surface area contributed by atoms with E-state index in [1.165, 1.54) is 32.3 Å². The van der Waals surface area contributed by atoms with Gasteiger partial charge < -0.3 is 28.7 Å². The normalized spacial score (nSPS) is 10.2. The molecule has 0 saturated heterocycles. The minimum absolute atomic E-state index is 0.143. The molecule has 0 aliphatic heterocycles. The standard InChI is InChI=1S/C22H28N2O6/c1-23(2)16-9-7-15(8-10-16)13-24(3)19(25)14-30-22(26)17-11-12-18(27-4)21(29-6)20(17)28-5/h7-12H,13-14H2,1-6H3. The van der Waals surface area contributed by atoms with E-state index in [4.69, 9.17) is 18.9 Å². The highest BCUT2D eigenvalue weighted by Crippen LogP contribution is 2.39. The van der Waals surface area contributed by atoms with Gasteiger partial charge in [-0.2, -0.15) is 0 Å². The number of benzene rings is 2. The molecule has 0 fully saturated rings. The molecule has 0 aromatic heterocycles. The van der Waals surface area contributed by atoms with Gasteiger partial charge in [-0.3, -0.25) is 4.79 Å². The zero-order chi connectivity index (χ0) is 22.3. The summed E-state index contributed by atoms with van der Waals surface area (Å²) in [4.78, 5) is 28.4. The van der Waals surface area contributed by atoms with Crippen molar-refractivity contribution in [2.75, 3.05) is 54.0 Å². The van der Waals surface area contributed by atoms with Crippen LogP contribution in [0.15, 0.2) is 36.4 Å². The van der Waals surface area contributed by atoms with E-state index in [1.54, 1.807) is 13.1 Å². The predicted molar refractivity (Wildman–Crippen MR) is 114 cm³/mol. The second-order valence-corrected chi connectivity index (χ2v) is 6.77. The van der Waals surface area contributed by atoms with E-state index in [0.29, 0.717) is 12.3 Å². The third-order valence-electron chi connectivity index (χ3n) is 4.55. The van der Waals surface area contributed by atoms with Crippen molar-refractivity contribution in [3.63, 3.8) is 0 Å². The second kappa shape index (κ2) is 10.4. The quantitative estimate of drug-likeness (QED) is 0.582. The van der Waals surface area contributed by atoms with Crippen molar-refractivity contribution in [3.8, 4) is 17.2 Å². The number of anilines is 1. The van der Waals surface area contributed by atoms with Crippen molar-refractivity contribution >= 4 is 17.6 Å². The second-order valence-electron chi connectivity index (χ2n) is 6.77. The third-order valence-corrected chi connectivity index (χ3v) is 4.55. The molecule has 2 aromatic rings. The highest BCUT2D eigenvalue weighted by molar-refractivity contribution is 5.95. The van der Waals surface area contributed by atoms with E-state index in [9.17, 15) is 9.59 Å². The molecule has 0 atom stereocenters. The number of ether oxygens (including phenoxy) is 4. The summed E-state index contributed by atoms with van der Waals surface area (Å²) in [6.45, 7) is 0.0202. The molecule has 1 amide bonds. The molecule has 2 aromatic carbocycles. The summed E-state index contributed by atoms with van der Waals surface area (Å²) in [5.41, 5.74) is 2.19. The maximum Gasteiger partial charge on any atom is 0.342 e. The van der Waals surface area contributed by atoms with Crippen molar-refractivity contribution in [1.82, 2.24) is 4.90 Å². The molecule has 0 saturated carbocycles. The summed E-state index contributed by atoms with van der Waals surface area (Å²) in [5.74, 6) is -0.130. The van der Waals surface area contributed by atoms with E-state index < -0.39 is 5.97 Å². The first kappa shape index (κ1) is 22.9. The number of carbonyl (C=O) groups is 2. The molecule has 0 N–H and O–H groups in total. The van der Waals surface area contributed by atoms with Crippen molar-refractivity contribution < 1.29 is 28.5 Å². The molecule has 0 heterocycles. The van der Waals surface area contributed by atoms with Gasteiger partial charge in [0.1, 0.15) is 5.56 Å². The third kappa shape index (κ3) is 5.34. The van der Waals surface area contributed by atoms with Crippen LogP contribution in [0.2, 0.25) is 0 Å². The smallest absolute Gasteiger partial charge is 0.342 e. The first-order valence-corrected chi connectivity index (χ1v) is 9.28. The summed E-state index contributed by atoms with van der Waals surface area (Å²) in [7, 11) is 9.93. The van der Waals surface area contributed by atoms with Crippen LogP contribution in [0, 0.1) is 0 Å². The number of esters is 1. The summed E-state index contributed by atoms with van der Waals surface area (Å²) < 4.78 is 21.0. The summed E-state index contributed by atoms with van der Waals surface area (Å²) in [6, 6.07) is 11.0. The number of likely N-dealkylation sites (N-methyl/N-ethyl adjacent to an activating group) is 1. The van der Waals surface area contributed by atoms with Gasteiger partial charge in [0.05, 0.1) is 21.3 Å². The van der Waals surface area contributed by atoms with Gasteiger partial charge in [0, 0.05) is 33.4 Å². The number of methoxy groups -OCH3 is 3. The summed E-state index contributed by atoms with van der Waals surface area (Å²) in [5, 5.41) is 0. The number of carbonyl (C=O) groups excluding carboxylic acids is 2. The van der Waals surface area contributed by atoms with Crippen LogP contribution in [-0.2, 0) is 16.1 Å². The monoisotopic (exact) mass is 416 g/mol. The van der Waals surface area contributed by atoms with Crippen molar-refractivity contribution in [1.29, 1.82) is 0 Å². The molecular weight excluding hydrogens is 388 g/mol. The molecule has 0 radical (unpaired) electrons. The van der Waals surface area contributed by atoms with Crippen LogP contribution in [0.1, 0.15) is 15.9 Å². The van der Waals surface area contributed by atoms with E-state index in [0.717, 1.165) is 11.3 Å². The molecule has 0 unspecified atom stereocenters. The molecule has 162 valence electrons. The van der Waals surface area contributed by atoms with E-state index >= 15 is 0 Å². The maximum absolute atomic E-state index is 12.5. The van der Waals surface area contributed by atoms with E-state index in [1.807, 2.05) is 43.3 Å². The minimum atomic E-state index is -0.690. The predicted octanol–water partition coefficient (Wildman–Crippen LogP) is 2.59. The Morgan fingerprint density at radius 3 is 2.00 bits per heavy atom. The molecule has 0 spiro atoms. The Hall–Kier alpha value is -3.42. The highest BCUT2D eigenvalue weighted by atomic mass is 16.5. The molecule has 8 heteroatoms. The lowest BCUT2D eigenvalue weighted by molar-refractivity contribution is -0.133. The molecular formula is C22H28N2O6. The van der Waals surface area contributed by atoms with Gasteiger partial charge in [0.2, 0.25) is 5.75 Å². The average Bonchev–Trinajstić information content (AvgIpc) is 2.76. The van der Waals surface area contributed by atoms with Crippen LogP contribution in [0.3, 0.4) is 0 Å². The Morgan fingerprint density at radius 2 is 1.47 bits per heavy atom. The number of amides is 1. The number of hydrogen-bond donors (Lipinski definition) is 0. The molecule has 0 aliphatic rings. The molecule has 8 nitrogen and oxygen atoms in total. The van der Waals surface area contributed by atoms with Crippen molar-refractivity contribution in [2.24, 2.45) is 0 Å². The fourth-order valence-electron chi connectivity index (χ4n) is 2.84. The van der Waals surface area contributed by atoms with Crippen molar-refractivity contribution in [2.45, 2.75) is 6.54 Å². The van der Waals surface area contributed by atoms with Crippen LogP contribution in [0.4, 0.5) is 5.69 Å².